The van der Waals surface area contributed by atoms with Crippen molar-refractivity contribution in [1.29, 1.82) is 0 Å². The molecule has 2 aromatic rings. The van der Waals surface area contributed by atoms with Crippen LogP contribution in [0, 0.1) is 10.1 Å². The van der Waals surface area contributed by atoms with Crippen molar-refractivity contribution in [1.82, 2.24) is 4.98 Å². The number of nitrogens with zero attached hydrogens (tertiary/aromatic N) is 2. The molecule has 5 heteroatoms. The van der Waals surface area contributed by atoms with Gasteiger partial charge >= 0.3 is 5.82 Å². The van der Waals surface area contributed by atoms with Gasteiger partial charge in [0.1, 0.15) is 6.20 Å². The van der Waals surface area contributed by atoms with Crippen LogP contribution in [-0.4, -0.2) is 15.0 Å². The third kappa shape index (κ3) is 1.83. The number of benzene rings is 1. The van der Waals surface area contributed by atoms with E-state index >= 15 is 0 Å². The lowest BCUT2D eigenvalue weighted by molar-refractivity contribution is -0.390. The minimum Gasteiger partial charge on any atom is -0.501 e. The van der Waals surface area contributed by atoms with Gasteiger partial charge in [-0.1, -0.05) is 30.3 Å². The van der Waals surface area contributed by atoms with E-state index in [0.29, 0.717) is 5.56 Å². The second-order valence-corrected chi connectivity index (χ2v) is 3.19. The molecule has 1 N–H and O–H groups in total. The number of aromatic hydroxyl groups is 1. The van der Waals surface area contributed by atoms with Crippen molar-refractivity contribution in [2.75, 3.05) is 0 Å². The van der Waals surface area contributed by atoms with E-state index in [2.05, 4.69) is 4.98 Å². The largest absolute Gasteiger partial charge is 0.501 e. The van der Waals surface area contributed by atoms with Gasteiger partial charge < -0.3 is 15.2 Å². The molecule has 0 spiro atoms. The van der Waals surface area contributed by atoms with Crippen molar-refractivity contribution < 1.29 is 10.0 Å². The number of hydrogen-bond acceptors (Lipinski definition) is 4. The van der Waals surface area contributed by atoms with E-state index in [1.807, 2.05) is 30.3 Å². The first-order chi connectivity index (χ1) is 7.68. The monoisotopic (exact) mass is 216 g/mol. The van der Waals surface area contributed by atoms with Gasteiger partial charge in [0.25, 0.3) is 0 Å². The predicted molar refractivity (Wildman–Crippen MR) is 58.0 cm³/mol. The smallest absolute Gasteiger partial charge is 0.405 e. The molecule has 0 aliphatic heterocycles. The van der Waals surface area contributed by atoms with E-state index in [4.69, 9.17) is 0 Å². The maximum atomic E-state index is 10.5. The van der Waals surface area contributed by atoms with Crippen LogP contribution >= 0.6 is 0 Å². The highest BCUT2D eigenvalue weighted by molar-refractivity contribution is 5.65. The van der Waals surface area contributed by atoms with Crippen molar-refractivity contribution in [3.05, 3.63) is 52.7 Å². The summed E-state index contributed by atoms with van der Waals surface area (Å²) in [5.41, 5.74) is 1.49. The number of pyridine rings is 1. The van der Waals surface area contributed by atoms with Gasteiger partial charge in [-0.15, -0.1) is 0 Å². The zero-order valence-corrected chi connectivity index (χ0v) is 8.20. The first-order valence-corrected chi connectivity index (χ1v) is 4.57. The van der Waals surface area contributed by atoms with Crippen LogP contribution < -0.4 is 0 Å². The lowest BCUT2D eigenvalue weighted by Crippen LogP contribution is -1.92. The highest BCUT2D eigenvalue weighted by atomic mass is 16.6. The molecule has 5 nitrogen and oxygen atoms in total. The van der Waals surface area contributed by atoms with Gasteiger partial charge in [0, 0.05) is 11.6 Å². The molecule has 0 radical (unpaired) electrons. The Morgan fingerprint density at radius 2 is 1.88 bits per heavy atom. The summed E-state index contributed by atoms with van der Waals surface area (Å²) < 4.78 is 0. The van der Waals surface area contributed by atoms with Crippen LogP contribution in [0.15, 0.2) is 42.6 Å². The Morgan fingerprint density at radius 1 is 1.19 bits per heavy atom. The molecule has 0 aliphatic carbocycles. The van der Waals surface area contributed by atoms with Crippen LogP contribution in [0.3, 0.4) is 0 Å². The van der Waals surface area contributed by atoms with E-state index in [1.54, 1.807) is 0 Å². The molecule has 0 saturated carbocycles. The Labute approximate surface area is 91.2 Å². The van der Waals surface area contributed by atoms with Crippen LogP contribution in [0.2, 0.25) is 0 Å². The summed E-state index contributed by atoms with van der Waals surface area (Å²) in [5, 5.41) is 19.9. The molecule has 0 fully saturated rings. The molecule has 2 rings (SSSR count). The number of nitro groups is 1. The second-order valence-electron chi connectivity index (χ2n) is 3.19. The summed E-state index contributed by atoms with van der Waals surface area (Å²) in [6, 6.07) is 10.6. The second kappa shape index (κ2) is 3.98. The van der Waals surface area contributed by atoms with Crippen LogP contribution in [-0.2, 0) is 0 Å². The van der Waals surface area contributed by atoms with Crippen LogP contribution in [0.5, 0.6) is 5.75 Å². The number of rotatable bonds is 2. The zero-order chi connectivity index (χ0) is 11.5. The van der Waals surface area contributed by atoms with Gasteiger partial charge in [0.15, 0.2) is 0 Å². The molecule has 1 aromatic heterocycles. The highest BCUT2D eigenvalue weighted by Gasteiger charge is 2.15. The summed E-state index contributed by atoms with van der Waals surface area (Å²) in [5.74, 6) is -0.953. The maximum absolute atomic E-state index is 10.5. The van der Waals surface area contributed by atoms with Crippen molar-refractivity contribution in [3.63, 3.8) is 0 Å². The van der Waals surface area contributed by atoms with E-state index in [1.165, 1.54) is 12.3 Å². The quantitative estimate of drug-likeness (QED) is 0.617. The minimum atomic E-state index is -0.718. The van der Waals surface area contributed by atoms with E-state index in [-0.39, 0.29) is 0 Å². The van der Waals surface area contributed by atoms with Crippen LogP contribution in [0.4, 0.5) is 5.82 Å². The van der Waals surface area contributed by atoms with Gasteiger partial charge in [-0.05, 0) is 15.5 Å². The third-order valence-electron chi connectivity index (χ3n) is 2.13. The van der Waals surface area contributed by atoms with Gasteiger partial charge in [-0.2, -0.15) is 0 Å². The lowest BCUT2D eigenvalue weighted by Gasteiger charge is -2.00. The molecule has 0 amide bonds. The molecule has 0 aliphatic rings. The Hall–Kier alpha value is -2.43. The number of hydrogen-bond donors (Lipinski definition) is 1. The van der Waals surface area contributed by atoms with E-state index in [9.17, 15) is 15.2 Å². The van der Waals surface area contributed by atoms with Gasteiger partial charge in [-0.25, -0.2) is 0 Å². The average molecular weight is 216 g/mol. The predicted octanol–water partition coefficient (Wildman–Crippen LogP) is 2.36. The Balaban J connectivity index is 2.46. The minimum absolute atomic E-state index is 0.425. The Bertz CT molecular complexity index is 526. The van der Waals surface area contributed by atoms with E-state index < -0.39 is 16.5 Å². The first-order valence-electron chi connectivity index (χ1n) is 4.57. The molecular formula is C11H8N2O3. The summed E-state index contributed by atoms with van der Waals surface area (Å²) in [4.78, 5) is 13.3. The van der Waals surface area contributed by atoms with E-state index in [0.717, 1.165) is 5.56 Å². The fourth-order valence-electron chi connectivity index (χ4n) is 1.38. The maximum Gasteiger partial charge on any atom is 0.405 e. The van der Waals surface area contributed by atoms with Crippen LogP contribution in [0.25, 0.3) is 11.1 Å². The molecule has 1 heterocycles. The fraction of sp³-hybridized carbons (Fsp3) is 0. The molecule has 0 atom stereocenters. The van der Waals surface area contributed by atoms with Gasteiger partial charge in [-0.3, -0.25) is 0 Å². The van der Waals surface area contributed by atoms with Crippen LogP contribution in [0.1, 0.15) is 0 Å². The lowest BCUT2D eigenvalue weighted by atomic mass is 10.1. The topological polar surface area (TPSA) is 76.3 Å². The standard InChI is InChI=1S/C11H8N2O3/c14-10-6-9(7-12-11(10)13(15)16)8-4-2-1-3-5-8/h1-7,14H. The molecule has 0 saturated heterocycles. The normalized spacial score (nSPS) is 10.0. The van der Waals surface area contributed by atoms with Crippen molar-refractivity contribution in [2.24, 2.45) is 0 Å². The number of aromatic nitrogens is 1. The fourth-order valence-corrected chi connectivity index (χ4v) is 1.38. The first kappa shape index (κ1) is 10.1. The van der Waals surface area contributed by atoms with Gasteiger partial charge in [0.2, 0.25) is 5.75 Å². The van der Waals surface area contributed by atoms with Crippen molar-refractivity contribution in [3.8, 4) is 16.9 Å². The zero-order valence-electron chi connectivity index (χ0n) is 8.20. The molecule has 0 bridgehead atoms. The summed E-state index contributed by atoms with van der Waals surface area (Å²) in [7, 11) is 0. The Morgan fingerprint density at radius 3 is 2.44 bits per heavy atom. The third-order valence-corrected chi connectivity index (χ3v) is 2.13. The molecular weight excluding hydrogens is 208 g/mol. The van der Waals surface area contributed by atoms with Gasteiger partial charge in [0.05, 0.1) is 0 Å². The highest BCUT2D eigenvalue weighted by Crippen LogP contribution is 2.28. The summed E-state index contributed by atoms with van der Waals surface area (Å²) >= 11 is 0. The summed E-state index contributed by atoms with van der Waals surface area (Å²) in [6.45, 7) is 0. The molecule has 16 heavy (non-hydrogen) atoms. The van der Waals surface area contributed by atoms with Crippen molar-refractivity contribution in [2.45, 2.75) is 0 Å². The molecule has 80 valence electrons. The van der Waals surface area contributed by atoms with Crippen molar-refractivity contribution >= 4 is 5.82 Å². The SMILES string of the molecule is O=[N+]([O-])c1ncc(-c2ccccc2)cc1O. The molecule has 1 aromatic carbocycles. The average Bonchev–Trinajstić information content (AvgIpc) is 2.29. The Kier molecular flexibility index (Phi) is 2.51. The molecule has 0 unspecified atom stereocenters. The summed E-state index contributed by atoms with van der Waals surface area (Å²) in [6.07, 6.45) is 1.37.